The van der Waals surface area contributed by atoms with Crippen molar-refractivity contribution in [1.29, 1.82) is 0 Å². The van der Waals surface area contributed by atoms with Crippen LogP contribution < -0.4 is 10.6 Å². The number of aliphatic hydroxyl groups excluding tert-OH is 1. The normalized spacial score (nSPS) is 10.0. The van der Waals surface area contributed by atoms with Gasteiger partial charge in [0.25, 0.3) is 0 Å². The monoisotopic (exact) mass is 206 g/mol. The van der Waals surface area contributed by atoms with Gasteiger partial charge in [0, 0.05) is 21.9 Å². The van der Waals surface area contributed by atoms with Crippen LogP contribution in [-0.2, 0) is 9.59 Å². The molecule has 0 fully saturated rings. The molecule has 0 spiro atoms. The molecular formula is C9H22N2O3. The summed E-state index contributed by atoms with van der Waals surface area (Å²) in [6.45, 7) is 4.02. The van der Waals surface area contributed by atoms with Gasteiger partial charge in [-0.3, -0.25) is 9.59 Å². The first-order valence-electron chi connectivity index (χ1n) is 4.73. The molecule has 0 aromatic heterocycles. The molecule has 0 aliphatic rings. The van der Waals surface area contributed by atoms with Crippen LogP contribution in [0.1, 0.15) is 23.1 Å². The minimum Gasteiger partial charge on any atom is -0.396 e. The number of carbonyl (C=O) groups excluding carboxylic acids is 2. The quantitative estimate of drug-likeness (QED) is 0.524. The van der Waals surface area contributed by atoms with Crippen LogP contribution in [0.4, 0.5) is 0 Å². The number of hydrogen-bond acceptors (Lipinski definition) is 3. The van der Waals surface area contributed by atoms with E-state index in [0.29, 0.717) is 13.0 Å². The molecule has 0 aliphatic heterocycles. The Labute approximate surface area is 86.8 Å². The second-order valence-electron chi connectivity index (χ2n) is 3.30. The van der Waals surface area contributed by atoms with Crippen molar-refractivity contribution in [2.75, 3.05) is 19.7 Å². The molecule has 0 saturated carbocycles. The zero-order valence-corrected chi connectivity index (χ0v) is 8.67. The van der Waals surface area contributed by atoms with Crippen LogP contribution >= 0.6 is 0 Å². The van der Waals surface area contributed by atoms with Gasteiger partial charge in [0.2, 0.25) is 11.8 Å². The summed E-state index contributed by atoms with van der Waals surface area (Å²) in [6, 6.07) is 0. The fraction of sp³-hybridized carbons (Fsp3) is 0.778. The van der Waals surface area contributed by atoms with E-state index in [2.05, 4.69) is 10.6 Å². The lowest BCUT2D eigenvalue weighted by Gasteiger charge is -2.07. The number of rotatable bonds is 6. The van der Waals surface area contributed by atoms with Gasteiger partial charge in [-0.05, 0) is 6.42 Å². The summed E-state index contributed by atoms with van der Waals surface area (Å²) in [4.78, 5) is 22.1. The Hall–Kier alpha value is -1.10. The van der Waals surface area contributed by atoms with Crippen molar-refractivity contribution in [3.05, 3.63) is 0 Å². The lowest BCUT2D eigenvalue weighted by molar-refractivity contribution is -0.127. The van der Waals surface area contributed by atoms with Crippen LogP contribution in [-0.4, -0.2) is 36.6 Å². The summed E-state index contributed by atoms with van der Waals surface area (Å²) >= 11 is 0. The molecule has 0 unspecified atom stereocenters. The van der Waals surface area contributed by atoms with Crippen molar-refractivity contribution in [2.45, 2.75) is 20.3 Å². The average Bonchev–Trinajstić information content (AvgIpc) is 2.14. The topological polar surface area (TPSA) is 78.4 Å². The summed E-state index contributed by atoms with van der Waals surface area (Å²) in [5, 5.41) is 13.5. The predicted octanol–water partition coefficient (Wildman–Crippen LogP) is -0.251. The first-order chi connectivity index (χ1) is 6.57. The molecule has 5 heteroatoms. The molecule has 0 rings (SSSR count). The molecule has 0 saturated heterocycles. The highest BCUT2D eigenvalue weighted by molar-refractivity contribution is 5.85. The molecule has 0 atom stereocenters. The standard InChI is InChI=1S/C9H18N2O3.2H2/c1-7(2)9(14)11-6-8(13)10-4-3-5-12;;/h7,12H,3-6H2,1-2H3,(H,10,13)(H,11,14);2*1H. The highest BCUT2D eigenvalue weighted by Crippen LogP contribution is 1.89. The van der Waals surface area contributed by atoms with Gasteiger partial charge in [-0.15, -0.1) is 0 Å². The van der Waals surface area contributed by atoms with Gasteiger partial charge in [-0.2, -0.15) is 0 Å². The highest BCUT2D eigenvalue weighted by atomic mass is 16.3. The van der Waals surface area contributed by atoms with E-state index in [1.165, 1.54) is 0 Å². The highest BCUT2D eigenvalue weighted by Gasteiger charge is 2.07. The molecule has 0 heterocycles. The van der Waals surface area contributed by atoms with E-state index >= 15 is 0 Å². The Bertz CT molecular complexity index is 201. The van der Waals surface area contributed by atoms with Crippen LogP contribution in [0.2, 0.25) is 0 Å². The molecule has 3 N–H and O–H groups in total. The maximum Gasteiger partial charge on any atom is 0.239 e. The summed E-state index contributed by atoms with van der Waals surface area (Å²) in [5.74, 6) is -0.477. The van der Waals surface area contributed by atoms with Crippen LogP contribution in [0.5, 0.6) is 0 Å². The molecule has 14 heavy (non-hydrogen) atoms. The maximum absolute atomic E-state index is 11.0. The lowest BCUT2D eigenvalue weighted by atomic mass is 10.2. The molecule has 0 radical (unpaired) electrons. The first-order valence-corrected chi connectivity index (χ1v) is 4.73. The van der Waals surface area contributed by atoms with Gasteiger partial charge >= 0.3 is 0 Å². The average molecular weight is 206 g/mol. The zero-order chi connectivity index (χ0) is 11.0. The SMILES string of the molecule is CC(C)C(=O)NCC(=O)NCCCO.[HH].[HH]. The summed E-state index contributed by atoms with van der Waals surface area (Å²) in [5.41, 5.74) is 0. The first kappa shape index (κ1) is 12.9. The van der Waals surface area contributed by atoms with Gasteiger partial charge < -0.3 is 15.7 Å². The van der Waals surface area contributed by atoms with E-state index in [9.17, 15) is 9.59 Å². The molecule has 0 aliphatic carbocycles. The summed E-state index contributed by atoms with van der Waals surface area (Å²) < 4.78 is 0. The molecular weight excluding hydrogens is 184 g/mol. The number of aliphatic hydroxyl groups is 1. The van der Waals surface area contributed by atoms with Crippen molar-refractivity contribution < 1.29 is 17.5 Å². The summed E-state index contributed by atoms with van der Waals surface area (Å²) in [7, 11) is 0. The van der Waals surface area contributed by atoms with E-state index in [4.69, 9.17) is 5.11 Å². The van der Waals surface area contributed by atoms with Crippen LogP contribution in [0.3, 0.4) is 0 Å². The summed E-state index contributed by atoms with van der Waals surface area (Å²) in [6.07, 6.45) is 0.532. The van der Waals surface area contributed by atoms with Gasteiger partial charge in [-0.25, -0.2) is 0 Å². The fourth-order valence-corrected chi connectivity index (χ4v) is 0.741. The third-order valence-corrected chi connectivity index (χ3v) is 1.60. The van der Waals surface area contributed by atoms with Crippen molar-refractivity contribution in [2.24, 2.45) is 5.92 Å². The number of nitrogens with one attached hydrogen (secondary N) is 2. The van der Waals surface area contributed by atoms with Gasteiger partial charge in [-0.1, -0.05) is 13.8 Å². The second kappa shape index (κ2) is 7.32. The Morgan fingerprint density at radius 1 is 1.36 bits per heavy atom. The van der Waals surface area contributed by atoms with Gasteiger partial charge in [0.05, 0.1) is 6.54 Å². The van der Waals surface area contributed by atoms with E-state index < -0.39 is 0 Å². The molecule has 5 nitrogen and oxygen atoms in total. The minimum absolute atomic E-state index is 0. The predicted molar refractivity (Wildman–Crippen MR) is 56.8 cm³/mol. The third kappa shape index (κ3) is 6.42. The number of carbonyl (C=O) groups is 2. The van der Waals surface area contributed by atoms with E-state index in [1.54, 1.807) is 13.8 Å². The van der Waals surface area contributed by atoms with Crippen LogP contribution in [0.15, 0.2) is 0 Å². The molecule has 0 aromatic rings. The minimum atomic E-state index is -0.229. The fourth-order valence-electron chi connectivity index (χ4n) is 0.741. The van der Waals surface area contributed by atoms with Crippen molar-refractivity contribution in [1.82, 2.24) is 10.6 Å². The van der Waals surface area contributed by atoms with E-state index in [0.717, 1.165) is 0 Å². The van der Waals surface area contributed by atoms with Gasteiger partial charge in [0.15, 0.2) is 0 Å². The lowest BCUT2D eigenvalue weighted by Crippen LogP contribution is -2.38. The Morgan fingerprint density at radius 3 is 2.50 bits per heavy atom. The zero-order valence-electron chi connectivity index (χ0n) is 8.67. The number of amides is 2. The Kier molecular flexibility index (Phi) is 6.74. The Morgan fingerprint density at radius 2 is 2.00 bits per heavy atom. The second-order valence-corrected chi connectivity index (χ2v) is 3.30. The third-order valence-electron chi connectivity index (χ3n) is 1.60. The maximum atomic E-state index is 11.0. The largest absolute Gasteiger partial charge is 0.396 e. The van der Waals surface area contributed by atoms with Gasteiger partial charge in [0.1, 0.15) is 0 Å². The Balaban J connectivity index is -0.000000845. The van der Waals surface area contributed by atoms with Crippen molar-refractivity contribution in [3.8, 4) is 0 Å². The van der Waals surface area contributed by atoms with Crippen molar-refractivity contribution >= 4 is 11.8 Å². The molecule has 2 amide bonds. The number of hydrogen-bond donors (Lipinski definition) is 3. The molecule has 0 bridgehead atoms. The van der Waals surface area contributed by atoms with Crippen molar-refractivity contribution in [3.63, 3.8) is 0 Å². The smallest absolute Gasteiger partial charge is 0.239 e. The van der Waals surface area contributed by atoms with Crippen LogP contribution in [0.25, 0.3) is 0 Å². The van der Waals surface area contributed by atoms with Crippen LogP contribution in [0, 0.1) is 5.92 Å². The molecule has 0 aromatic carbocycles. The van der Waals surface area contributed by atoms with E-state index in [-0.39, 0.29) is 33.7 Å². The van der Waals surface area contributed by atoms with E-state index in [1.807, 2.05) is 0 Å². The molecule has 86 valence electrons.